The van der Waals surface area contributed by atoms with Crippen LogP contribution in [0.3, 0.4) is 0 Å². The first kappa shape index (κ1) is 11.7. The normalized spacial score (nSPS) is 22.8. The van der Waals surface area contributed by atoms with E-state index in [1.165, 1.54) is 17.6 Å². The van der Waals surface area contributed by atoms with Crippen molar-refractivity contribution in [3.8, 4) is 0 Å². The van der Waals surface area contributed by atoms with Gasteiger partial charge in [0, 0.05) is 19.3 Å². The van der Waals surface area contributed by atoms with E-state index >= 15 is 0 Å². The van der Waals surface area contributed by atoms with Crippen molar-refractivity contribution in [3.05, 3.63) is 23.3 Å². The molecule has 2 rings (SSSR count). The standard InChI is InChI=1S/C9H13NOS.C2H6/c1-12(11)10-6-8-4-2-3-5-9(8)7-10;1-2/h2,4H,3,5-7H2,1H3;1-2H3. The molecule has 1 unspecified atom stereocenters. The van der Waals surface area contributed by atoms with Crippen molar-refractivity contribution >= 4 is 11.0 Å². The van der Waals surface area contributed by atoms with E-state index in [4.69, 9.17) is 0 Å². The largest absolute Gasteiger partial charge is 0.243 e. The summed E-state index contributed by atoms with van der Waals surface area (Å²) in [6.07, 6.45) is 8.47. The van der Waals surface area contributed by atoms with Gasteiger partial charge in [0.1, 0.15) is 0 Å². The van der Waals surface area contributed by atoms with Gasteiger partial charge in [-0.2, -0.15) is 0 Å². The Morgan fingerprint density at radius 3 is 2.64 bits per heavy atom. The highest BCUT2D eigenvalue weighted by Gasteiger charge is 2.23. The minimum Gasteiger partial charge on any atom is -0.243 e. The first-order valence-electron chi connectivity index (χ1n) is 5.23. The van der Waals surface area contributed by atoms with Crippen LogP contribution in [-0.4, -0.2) is 27.9 Å². The van der Waals surface area contributed by atoms with Gasteiger partial charge in [0.05, 0.1) is 11.0 Å². The summed E-state index contributed by atoms with van der Waals surface area (Å²) in [5, 5.41) is 0. The molecular weight excluding hydrogens is 194 g/mol. The van der Waals surface area contributed by atoms with E-state index in [9.17, 15) is 4.21 Å². The van der Waals surface area contributed by atoms with Crippen LogP contribution in [0.5, 0.6) is 0 Å². The van der Waals surface area contributed by atoms with E-state index in [2.05, 4.69) is 12.2 Å². The van der Waals surface area contributed by atoms with Gasteiger partial charge in [-0.1, -0.05) is 31.6 Å². The fraction of sp³-hybridized carbons (Fsp3) is 0.636. The van der Waals surface area contributed by atoms with Gasteiger partial charge in [0.15, 0.2) is 0 Å². The molecule has 0 spiro atoms. The van der Waals surface area contributed by atoms with Crippen LogP contribution < -0.4 is 0 Å². The topological polar surface area (TPSA) is 20.3 Å². The van der Waals surface area contributed by atoms with Crippen LogP contribution in [0.25, 0.3) is 0 Å². The van der Waals surface area contributed by atoms with Gasteiger partial charge >= 0.3 is 0 Å². The summed E-state index contributed by atoms with van der Waals surface area (Å²) in [6.45, 7) is 5.80. The van der Waals surface area contributed by atoms with Gasteiger partial charge in [0.25, 0.3) is 0 Å². The van der Waals surface area contributed by atoms with Crippen molar-refractivity contribution in [2.24, 2.45) is 0 Å². The van der Waals surface area contributed by atoms with Crippen molar-refractivity contribution < 1.29 is 4.21 Å². The number of allylic oxidation sites excluding steroid dienone is 1. The average molecular weight is 213 g/mol. The summed E-state index contributed by atoms with van der Waals surface area (Å²) in [4.78, 5) is 0. The van der Waals surface area contributed by atoms with Gasteiger partial charge in [-0.3, -0.25) is 0 Å². The Hall–Kier alpha value is -0.410. The second kappa shape index (κ2) is 5.47. The van der Waals surface area contributed by atoms with E-state index in [1.54, 1.807) is 6.26 Å². The van der Waals surface area contributed by atoms with Crippen molar-refractivity contribution in [1.29, 1.82) is 0 Å². The summed E-state index contributed by atoms with van der Waals surface area (Å²) in [5.41, 5.74) is 2.89. The van der Waals surface area contributed by atoms with Crippen molar-refractivity contribution in [2.75, 3.05) is 19.3 Å². The van der Waals surface area contributed by atoms with E-state index in [0.717, 1.165) is 19.5 Å². The molecule has 0 saturated heterocycles. The first-order chi connectivity index (χ1) is 6.77. The second-order valence-corrected chi connectivity index (χ2v) is 4.66. The Balaban J connectivity index is 0.000000461. The molecule has 1 heterocycles. The number of hydrogen-bond acceptors (Lipinski definition) is 1. The fourth-order valence-electron chi connectivity index (χ4n) is 1.75. The van der Waals surface area contributed by atoms with Crippen LogP contribution in [0.2, 0.25) is 0 Å². The SMILES string of the molecule is CC.CS(=O)N1CC2=C(CCC=C2)C1. The zero-order valence-corrected chi connectivity index (χ0v) is 10.1. The molecule has 2 nitrogen and oxygen atoms in total. The third kappa shape index (κ3) is 2.55. The molecule has 0 fully saturated rings. The second-order valence-electron chi connectivity index (χ2n) is 3.29. The predicted molar refractivity (Wildman–Crippen MR) is 62.4 cm³/mol. The Bertz CT molecular complexity index is 281. The Labute approximate surface area is 89.3 Å². The quantitative estimate of drug-likeness (QED) is 0.654. The smallest absolute Gasteiger partial charge is 0.0916 e. The molecule has 3 heteroatoms. The van der Waals surface area contributed by atoms with Crippen LogP contribution in [0.4, 0.5) is 0 Å². The van der Waals surface area contributed by atoms with E-state index < -0.39 is 11.0 Å². The van der Waals surface area contributed by atoms with Crippen LogP contribution in [-0.2, 0) is 11.0 Å². The molecule has 0 aromatic rings. The third-order valence-electron chi connectivity index (χ3n) is 2.46. The molecule has 0 N–H and O–H groups in total. The molecule has 0 aromatic carbocycles. The lowest BCUT2D eigenvalue weighted by Gasteiger charge is -2.10. The average Bonchev–Trinajstić information content (AvgIpc) is 2.64. The summed E-state index contributed by atoms with van der Waals surface area (Å²) in [7, 11) is -0.800. The minimum absolute atomic E-state index is 0.800. The zero-order valence-electron chi connectivity index (χ0n) is 9.25. The summed E-state index contributed by atoms with van der Waals surface area (Å²) < 4.78 is 13.2. The lowest BCUT2D eigenvalue weighted by atomic mass is 10.0. The van der Waals surface area contributed by atoms with Crippen molar-refractivity contribution in [3.63, 3.8) is 0 Å². The van der Waals surface area contributed by atoms with E-state index in [0.29, 0.717) is 0 Å². The lowest BCUT2D eigenvalue weighted by molar-refractivity contribution is 0.545. The Kier molecular flexibility index (Phi) is 4.55. The van der Waals surface area contributed by atoms with Crippen LogP contribution in [0, 0.1) is 0 Å². The summed E-state index contributed by atoms with van der Waals surface area (Å²) in [5.74, 6) is 0. The molecular formula is C11H19NOS. The van der Waals surface area contributed by atoms with Gasteiger partial charge < -0.3 is 0 Å². The third-order valence-corrected chi connectivity index (χ3v) is 3.45. The molecule has 14 heavy (non-hydrogen) atoms. The molecule has 2 aliphatic rings. The Morgan fingerprint density at radius 1 is 1.36 bits per heavy atom. The number of hydrogen-bond donors (Lipinski definition) is 0. The number of nitrogens with zero attached hydrogens (tertiary/aromatic N) is 1. The summed E-state index contributed by atoms with van der Waals surface area (Å²) >= 11 is 0. The fourth-order valence-corrected chi connectivity index (χ4v) is 2.41. The molecule has 80 valence electrons. The maximum Gasteiger partial charge on any atom is 0.0916 e. The zero-order chi connectivity index (χ0) is 10.6. The number of rotatable bonds is 1. The lowest BCUT2D eigenvalue weighted by Crippen LogP contribution is -2.22. The van der Waals surface area contributed by atoms with Crippen LogP contribution in [0.1, 0.15) is 26.7 Å². The molecule has 0 bridgehead atoms. The van der Waals surface area contributed by atoms with Crippen LogP contribution >= 0.6 is 0 Å². The highest BCUT2D eigenvalue weighted by atomic mass is 32.2. The molecule has 1 aliphatic heterocycles. The van der Waals surface area contributed by atoms with E-state index in [-0.39, 0.29) is 0 Å². The van der Waals surface area contributed by atoms with Crippen molar-refractivity contribution in [2.45, 2.75) is 26.7 Å². The molecule has 0 amide bonds. The maximum atomic E-state index is 11.2. The maximum absolute atomic E-state index is 11.2. The summed E-state index contributed by atoms with van der Waals surface area (Å²) in [6, 6.07) is 0. The molecule has 0 saturated carbocycles. The Morgan fingerprint density at radius 2 is 2.07 bits per heavy atom. The molecule has 1 atom stereocenters. The van der Waals surface area contributed by atoms with Gasteiger partial charge in [-0.05, 0) is 18.4 Å². The minimum atomic E-state index is -0.800. The molecule has 0 aromatic heterocycles. The first-order valence-corrected chi connectivity index (χ1v) is 6.75. The van der Waals surface area contributed by atoms with Gasteiger partial charge in [-0.25, -0.2) is 8.51 Å². The molecule has 0 radical (unpaired) electrons. The monoisotopic (exact) mass is 213 g/mol. The van der Waals surface area contributed by atoms with Gasteiger partial charge in [0.2, 0.25) is 0 Å². The predicted octanol–water partition coefficient (Wildman–Crippen LogP) is 2.27. The van der Waals surface area contributed by atoms with E-state index in [1.807, 2.05) is 18.2 Å². The molecule has 1 aliphatic carbocycles. The van der Waals surface area contributed by atoms with Gasteiger partial charge in [-0.15, -0.1) is 0 Å². The van der Waals surface area contributed by atoms with Crippen molar-refractivity contribution in [1.82, 2.24) is 4.31 Å². The highest BCUT2D eigenvalue weighted by molar-refractivity contribution is 7.81. The highest BCUT2D eigenvalue weighted by Crippen LogP contribution is 2.26. The van der Waals surface area contributed by atoms with Crippen LogP contribution in [0.15, 0.2) is 23.3 Å².